The van der Waals surface area contributed by atoms with Crippen molar-refractivity contribution in [3.8, 4) is 6.07 Å². The molecular weight excluding hydrogens is 228 g/mol. The van der Waals surface area contributed by atoms with Crippen molar-refractivity contribution >= 4 is 6.09 Å². The lowest BCUT2D eigenvalue weighted by Gasteiger charge is -2.56. The van der Waals surface area contributed by atoms with Crippen LogP contribution in [0, 0.1) is 34.5 Å². The molecule has 18 heavy (non-hydrogen) atoms. The van der Waals surface area contributed by atoms with Gasteiger partial charge in [0.15, 0.2) is 0 Å². The molecule has 4 aliphatic rings. The van der Waals surface area contributed by atoms with E-state index in [1.165, 1.54) is 38.5 Å². The summed E-state index contributed by atoms with van der Waals surface area (Å²) in [6.45, 7) is 0.577. The Balaban J connectivity index is 1.56. The summed E-state index contributed by atoms with van der Waals surface area (Å²) in [6.07, 6.45) is 7.49. The third-order valence-electron chi connectivity index (χ3n) is 4.99. The number of hydrogen-bond donors (Lipinski definition) is 1. The maximum atomic E-state index is 11.4. The maximum absolute atomic E-state index is 11.4. The van der Waals surface area contributed by atoms with Gasteiger partial charge in [0.2, 0.25) is 0 Å². The predicted octanol–water partition coefficient (Wildman–Crippen LogP) is 2.45. The zero-order chi connectivity index (χ0) is 12.6. The van der Waals surface area contributed by atoms with Crippen LogP contribution in [0.3, 0.4) is 0 Å². The molecule has 4 bridgehead atoms. The van der Waals surface area contributed by atoms with Crippen molar-refractivity contribution in [2.24, 2.45) is 23.2 Å². The fourth-order valence-corrected chi connectivity index (χ4v) is 4.85. The lowest BCUT2D eigenvalue weighted by molar-refractivity contribution is -0.0819. The van der Waals surface area contributed by atoms with E-state index in [9.17, 15) is 4.79 Å². The van der Waals surface area contributed by atoms with Gasteiger partial charge in [-0.2, -0.15) is 5.26 Å². The van der Waals surface area contributed by atoms with Gasteiger partial charge in [0.1, 0.15) is 6.54 Å². The average Bonchev–Trinajstić information content (AvgIpc) is 2.32. The number of nitriles is 1. The molecule has 0 radical (unpaired) electrons. The summed E-state index contributed by atoms with van der Waals surface area (Å²) in [5.41, 5.74) is 0.263. The molecule has 4 fully saturated rings. The van der Waals surface area contributed by atoms with Crippen LogP contribution >= 0.6 is 0 Å². The zero-order valence-corrected chi connectivity index (χ0v) is 10.7. The molecule has 4 saturated carbocycles. The highest BCUT2D eigenvalue weighted by molar-refractivity contribution is 5.67. The maximum Gasteiger partial charge on any atom is 0.407 e. The first-order valence-electron chi connectivity index (χ1n) is 6.97. The molecule has 0 aromatic rings. The van der Waals surface area contributed by atoms with E-state index < -0.39 is 6.09 Å². The van der Waals surface area contributed by atoms with Crippen LogP contribution in [0.5, 0.6) is 0 Å². The second-order valence-electron chi connectivity index (χ2n) is 6.51. The lowest BCUT2D eigenvalue weighted by Crippen LogP contribution is -2.48. The van der Waals surface area contributed by atoms with Gasteiger partial charge in [-0.1, -0.05) is 0 Å². The van der Waals surface area contributed by atoms with Gasteiger partial charge in [0, 0.05) is 5.41 Å². The first-order chi connectivity index (χ1) is 8.69. The molecule has 0 atom stereocenters. The molecular formula is C14H20N2O2. The van der Waals surface area contributed by atoms with Crippen molar-refractivity contribution in [3.63, 3.8) is 0 Å². The molecule has 4 nitrogen and oxygen atoms in total. The van der Waals surface area contributed by atoms with Gasteiger partial charge < -0.3 is 10.1 Å². The Morgan fingerprint density at radius 1 is 1.22 bits per heavy atom. The number of carbonyl (C=O) groups is 1. The minimum absolute atomic E-state index is 0.0275. The van der Waals surface area contributed by atoms with Crippen molar-refractivity contribution in [3.05, 3.63) is 0 Å². The second-order valence-corrected chi connectivity index (χ2v) is 6.51. The first kappa shape index (κ1) is 11.8. The molecule has 0 aliphatic heterocycles. The summed E-state index contributed by atoms with van der Waals surface area (Å²) in [5, 5.41) is 10.8. The van der Waals surface area contributed by atoms with E-state index in [2.05, 4.69) is 5.32 Å². The molecule has 0 unspecified atom stereocenters. The van der Waals surface area contributed by atoms with Crippen LogP contribution in [0.2, 0.25) is 0 Å². The van der Waals surface area contributed by atoms with E-state index >= 15 is 0 Å². The molecule has 0 saturated heterocycles. The SMILES string of the molecule is N#CCNC(=O)OCC12CC3CC(CC(C3)C1)C2. The molecule has 1 amide bonds. The summed E-state index contributed by atoms with van der Waals surface area (Å²) < 4.78 is 5.33. The smallest absolute Gasteiger partial charge is 0.407 e. The number of nitrogens with zero attached hydrogens (tertiary/aromatic N) is 1. The van der Waals surface area contributed by atoms with Gasteiger partial charge in [-0.05, 0) is 56.3 Å². The summed E-state index contributed by atoms with van der Waals surface area (Å²) in [4.78, 5) is 11.4. The van der Waals surface area contributed by atoms with E-state index in [1.54, 1.807) is 0 Å². The van der Waals surface area contributed by atoms with Crippen LogP contribution in [0.1, 0.15) is 38.5 Å². The van der Waals surface area contributed by atoms with Crippen LogP contribution in [0.25, 0.3) is 0 Å². The second kappa shape index (κ2) is 4.46. The highest BCUT2D eigenvalue weighted by Crippen LogP contribution is 2.59. The Labute approximate surface area is 108 Å². The molecule has 0 spiro atoms. The van der Waals surface area contributed by atoms with Gasteiger partial charge in [-0.25, -0.2) is 4.79 Å². The van der Waals surface area contributed by atoms with Crippen LogP contribution < -0.4 is 5.32 Å². The molecule has 0 aromatic heterocycles. The number of ether oxygens (including phenoxy) is 1. The van der Waals surface area contributed by atoms with Gasteiger partial charge in [-0.3, -0.25) is 0 Å². The van der Waals surface area contributed by atoms with Crippen LogP contribution in [0.15, 0.2) is 0 Å². The number of nitrogens with one attached hydrogen (secondary N) is 1. The summed E-state index contributed by atoms with van der Waals surface area (Å²) in [7, 11) is 0. The quantitative estimate of drug-likeness (QED) is 0.780. The largest absolute Gasteiger partial charge is 0.449 e. The highest BCUT2D eigenvalue weighted by atomic mass is 16.5. The third-order valence-corrected chi connectivity index (χ3v) is 4.99. The van der Waals surface area contributed by atoms with E-state index in [1.807, 2.05) is 6.07 Å². The Morgan fingerprint density at radius 3 is 2.28 bits per heavy atom. The van der Waals surface area contributed by atoms with Crippen molar-refractivity contribution < 1.29 is 9.53 Å². The van der Waals surface area contributed by atoms with Crippen LogP contribution in [-0.4, -0.2) is 19.2 Å². The minimum Gasteiger partial charge on any atom is -0.449 e. The van der Waals surface area contributed by atoms with Crippen molar-refractivity contribution in [2.45, 2.75) is 38.5 Å². The van der Waals surface area contributed by atoms with Crippen molar-refractivity contribution in [1.82, 2.24) is 5.32 Å². The lowest BCUT2D eigenvalue weighted by atomic mass is 9.50. The first-order valence-corrected chi connectivity index (χ1v) is 6.97. The summed E-state index contributed by atoms with van der Waals surface area (Å²) in [6, 6.07) is 1.88. The van der Waals surface area contributed by atoms with Crippen molar-refractivity contribution in [1.29, 1.82) is 5.26 Å². The Kier molecular flexibility index (Phi) is 2.93. The van der Waals surface area contributed by atoms with Crippen molar-refractivity contribution in [2.75, 3.05) is 13.2 Å². The zero-order valence-electron chi connectivity index (χ0n) is 10.7. The van der Waals surface area contributed by atoms with Crippen LogP contribution in [-0.2, 0) is 4.74 Å². The van der Waals surface area contributed by atoms with E-state index in [0.717, 1.165) is 17.8 Å². The fourth-order valence-electron chi connectivity index (χ4n) is 4.85. The molecule has 1 N–H and O–H groups in total. The Morgan fingerprint density at radius 2 is 1.78 bits per heavy atom. The summed E-state index contributed by atoms with van der Waals surface area (Å²) in [5.74, 6) is 2.63. The normalized spacial score (nSPS) is 40.3. The van der Waals surface area contributed by atoms with Crippen LogP contribution in [0.4, 0.5) is 4.79 Å². The highest BCUT2D eigenvalue weighted by Gasteiger charge is 2.51. The Hall–Kier alpha value is -1.24. The van der Waals surface area contributed by atoms with Gasteiger partial charge in [0.05, 0.1) is 12.7 Å². The molecule has 4 aliphatic carbocycles. The van der Waals surface area contributed by atoms with E-state index in [0.29, 0.717) is 6.61 Å². The average molecular weight is 248 g/mol. The van der Waals surface area contributed by atoms with Gasteiger partial charge in [-0.15, -0.1) is 0 Å². The standard InChI is InChI=1S/C14H20N2O2/c15-1-2-16-13(17)18-9-14-6-10-3-11(7-14)5-12(4-10)8-14/h10-12H,2-9H2,(H,16,17). The van der Waals surface area contributed by atoms with Gasteiger partial charge in [0.25, 0.3) is 0 Å². The molecule has 4 rings (SSSR count). The summed E-state index contributed by atoms with van der Waals surface area (Å²) >= 11 is 0. The minimum atomic E-state index is -0.438. The number of amides is 1. The Bertz CT molecular complexity index is 350. The fraction of sp³-hybridized carbons (Fsp3) is 0.857. The van der Waals surface area contributed by atoms with Gasteiger partial charge >= 0.3 is 6.09 Å². The van der Waals surface area contributed by atoms with E-state index in [4.69, 9.17) is 10.00 Å². The molecule has 98 valence electrons. The molecule has 4 heteroatoms. The predicted molar refractivity (Wildman–Crippen MR) is 65.6 cm³/mol. The number of rotatable bonds is 3. The monoisotopic (exact) mass is 248 g/mol. The third kappa shape index (κ3) is 2.19. The topological polar surface area (TPSA) is 62.1 Å². The molecule has 0 aromatic carbocycles. The number of alkyl carbamates (subject to hydrolysis) is 1. The number of carbonyl (C=O) groups excluding carboxylic acids is 1. The van der Waals surface area contributed by atoms with E-state index in [-0.39, 0.29) is 12.0 Å². The molecule has 0 heterocycles. The number of hydrogen-bond acceptors (Lipinski definition) is 3.